The summed E-state index contributed by atoms with van der Waals surface area (Å²) in [5.41, 5.74) is 1.29. The molecule has 2 heterocycles. The third-order valence-electron chi connectivity index (χ3n) is 1.75. The predicted molar refractivity (Wildman–Crippen MR) is 54.0 cm³/mol. The molecule has 0 aromatic carbocycles. The molecule has 2 aromatic heterocycles. The highest BCUT2D eigenvalue weighted by Crippen LogP contribution is 2.14. The molecular weight excluding hydrogens is 196 g/mol. The van der Waals surface area contributed by atoms with E-state index in [1.165, 1.54) is 0 Å². The van der Waals surface area contributed by atoms with E-state index in [9.17, 15) is 0 Å². The summed E-state index contributed by atoms with van der Waals surface area (Å²) < 4.78 is 10.4. The summed E-state index contributed by atoms with van der Waals surface area (Å²) in [5.74, 6) is 0. The fraction of sp³-hybridized carbons (Fsp3) is 0.444. The van der Waals surface area contributed by atoms with Crippen LogP contribution in [0.4, 0.5) is 0 Å². The number of ether oxygens (including phenoxy) is 2. The Balaban J connectivity index is 2.34. The summed E-state index contributed by atoms with van der Waals surface area (Å²) in [6, 6.07) is 0.787. The van der Waals surface area contributed by atoms with Crippen LogP contribution in [0.5, 0.6) is 12.0 Å². The van der Waals surface area contributed by atoms with Gasteiger partial charge in [-0.15, -0.1) is 0 Å². The van der Waals surface area contributed by atoms with Gasteiger partial charge in [-0.2, -0.15) is 9.97 Å². The molecule has 6 heteroatoms. The lowest BCUT2D eigenvalue weighted by Crippen LogP contribution is -1.96. The van der Waals surface area contributed by atoms with E-state index in [-0.39, 0.29) is 0 Å². The maximum absolute atomic E-state index is 5.22. The zero-order valence-corrected chi connectivity index (χ0v) is 8.65. The Bertz CT molecular complexity index is 450. The maximum Gasteiger partial charge on any atom is 0.318 e. The summed E-state index contributed by atoms with van der Waals surface area (Å²) in [6.45, 7) is 4.87. The molecule has 0 amide bonds. The van der Waals surface area contributed by atoms with E-state index in [0.717, 1.165) is 5.52 Å². The first-order valence-electron chi connectivity index (χ1n) is 4.81. The molecule has 0 saturated heterocycles. The van der Waals surface area contributed by atoms with Gasteiger partial charge in [0.15, 0.2) is 5.65 Å². The quantitative estimate of drug-likeness (QED) is 0.815. The Morgan fingerprint density at radius 3 is 2.73 bits per heavy atom. The average molecular weight is 208 g/mol. The van der Waals surface area contributed by atoms with Gasteiger partial charge in [-0.3, -0.25) is 0 Å². The normalized spacial score (nSPS) is 10.5. The summed E-state index contributed by atoms with van der Waals surface area (Å²) >= 11 is 0. The van der Waals surface area contributed by atoms with Crippen LogP contribution in [0, 0.1) is 0 Å². The minimum Gasteiger partial charge on any atom is -0.465 e. The Hall–Kier alpha value is -1.85. The van der Waals surface area contributed by atoms with Crippen LogP contribution in [0.3, 0.4) is 0 Å². The first kappa shape index (κ1) is 9.70. The zero-order chi connectivity index (χ0) is 10.7. The molecule has 0 radical (unpaired) electrons. The summed E-state index contributed by atoms with van der Waals surface area (Å²) in [4.78, 5) is 15.2. The topological polar surface area (TPSA) is 72.9 Å². The van der Waals surface area contributed by atoms with Gasteiger partial charge >= 0.3 is 6.01 Å². The molecule has 0 aliphatic rings. The second kappa shape index (κ2) is 4.12. The van der Waals surface area contributed by atoms with Crippen LogP contribution < -0.4 is 9.47 Å². The van der Waals surface area contributed by atoms with Crippen LogP contribution in [-0.4, -0.2) is 33.1 Å². The van der Waals surface area contributed by atoms with Gasteiger partial charge in [-0.05, 0) is 13.8 Å². The van der Waals surface area contributed by atoms with E-state index >= 15 is 0 Å². The molecule has 6 nitrogen and oxygen atoms in total. The van der Waals surface area contributed by atoms with Crippen molar-refractivity contribution < 1.29 is 9.47 Å². The Labute approximate surface area is 86.7 Å². The number of nitrogens with one attached hydrogen (secondary N) is 1. The van der Waals surface area contributed by atoms with Gasteiger partial charge in [0.25, 0.3) is 6.01 Å². The summed E-state index contributed by atoms with van der Waals surface area (Å²) in [7, 11) is 0. The number of rotatable bonds is 4. The molecule has 2 rings (SSSR count). The molecule has 0 spiro atoms. The van der Waals surface area contributed by atoms with E-state index in [4.69, 9.17) is 9.47 Å². The molecule has 1 N–H and O–H groups in total. The van der Waals surface area contributed by atoms with Crippen LogP contribution in [0.25, 0.3) is 11.2 Å². The Morgan fingerprint density at radius 2 is 2.00 bits per heavy atom. The lowest BCUT2D eigenvalue weighted by atomic mass is 10.6. The van der Waals surface area contributed by atoms with E-state index in [2.05, 4.69) is 19.9 Å². The number of aromatic nitrogens is 4. The molecule has 0 aliphatic carbocycles. The van der Waals surface area contributed by atoms with Crippen molar-refractivity contribution in [3.05, 3.63) is 6.20 Å². The lowest BCUT2D eigenvalue weighted by molar-refractivity contribution is 0.313. The van der Waals surface area contributed by atoms with Gasteiger partial charge in [0.1, 0.15) is 5.52 Å². The molecule has 15 heavy (non-hydrogen) atoms. The van der Waals surface area contributed by atoms with Crippen molar-refractivity contribution in [3.63, 3.8) is 0 Å². The molecular formula is C9H12N4O2. The number of imidazole rings is 1. The predicted octanol–water partition coefficient (Wildman–Crippen LogP) is 1.15. The number of fused-ring (bicyclic) bond motifs is 1. The lowest BCUT2D eigenvalue weighted by Gasteiger charge is -1.97. The largest absolute Gasteiger partial charge is 0.465 e. The highest BCUT2D eigenvalue weighted by atomic mass is 16.5. The SMILES string of the molecule is CCOc1ncc2[nH]c(OCC)nc2n1. The third-order valence-corrected chi connectivity index (χ3v) is 1.75. The van der Waals surface area contributed by atoms with E-state index in [0.29, 0.717) is 30.9 Å². The number of hydrogen-bond acceptors (Lipinski definition) is 5. The van der Waals surface area contributed by atoms with Gasteiger partial charge in [0.05, 0.1) is 19.4 Å². The molecule has 80 valence electrons. The second-order valence-corrected chi connectivity index (χ2v) is 2.80. The first-order valence-corrected chi connectivity index (χ1v) is 4.81. The maximum atomic E-state index is 5.22. The molecule has 0 unspecified atom stereocenters. The highest BCUT2D eigenvalue weighted by Gasteiger charge is 2.06. The average Bonchev–Trinajstić information content (AvgIpc) is 2.60. The number of H-pyrrole nitrogens is 1. The first-order chi connectivity index (χ1) is 7.33. The molecule has 0 aliphatic heterocycles. The standard InChI is InChI=1S/C9H12N4O2/c1-3-14-8-10-5-6-7(12-8)13-9(11-6)15-4-2/h5H,3-4H2,1-2H3,(H,10,11,12,13). The van der Waals surface area contributed by atoms with Gasteiger partial charge in [-0.1, -0.05) is 0 Å². The molecule has 2 aromatic rings. The molecule has 0 bridgehead atoms. The third kappa shape index (κ3) is 1.98. The molecule has 0 fully saturated rings. The van der Waals surface area contributed by atoms with Crippen molar-refractivity contribution in [2.75, 3.05) is 13.2 Å². The van der Waals surface area contributed by atoms with Gasteiger partial charge < -0.3 is 14.5 Å². The summed E-state index contributed by atoms with van der Waals surface area (Å²) in [5, 5.41) is 0. The number of aromatic amines is 1. The minimum absolute atomic E-state index is 0.333. The Morgan fingerprint density at radius 1 is 1.20 bits per heavy atom. The van der Waals surface area contributed by atoms with Crippen molar-refractivity contribution in [3.8, 4) is 12.0 Å². The fourth-order valence-corrected chi connectivity index (χ4v) is 1.17. The van der Waals surface area contributed by atoms with Gasteiger partial charge in [0.2, 0.25) is 0 Å². The van der Waals surface area contributed by atoms with E-state index < -0.39 is 0 Å². The van der Waals surface area contributed by atoms with Gasteiger partial charge in [-0.25, -0.2) is 4.98 Å². The van der Waals surface area contributed by atoms with Crippen LogP contribution in [0.2, 0.25) is 0 Å². The molecule has 0 atom stereocenters. The molecule has 0 saturated carbocycles. The van der Waals surface area contributed by atoms with Crippen molar-refractivity contribution in [2.24, 2.45) is 0 Å². The van der Waals surface area contributed by atoms with E-state index in [1.54, 1.807) is 6.20 Å². The van der Waals surface area contributed by atoms with Crippen molar-refractivity contribution in [1.82, 2.24) is 19.9 Å². The second-order valence-electron chi connectivity index (χ2n) is 2.80. The van der Waals surface area contributed by atoms with Crippen molar-refractivity contribution in [1.29, 1.82) is 0 Å². The smallest absolute Gasteiger partial charge is 0.318 e. The fourth-order valence-electron chi connectivity index (χ4n) is 1.17. The van der Waals surface area contributed by atoms with Crippen LogP contribution in [0.15, 0.2) is 6.20 Å². The highest BCUT2D eigenvalue weighted by molar-refractivity contribution is 5.70. The van der Waals surface area contributed by atoms with Crippen LogP contribution >= 0.6 is 0 Å². The van der Waals surface area contributed by atoms with Crippen LogP contribution in [-0.2, 0) is 0 Å². The van der Waals surface area contributed by atoms with Gasteiger partial charge in [0, 0.05) is 0 Å². The van der Waals surface area contributed by atoms with Crippen molar-refractivity contribution in [2.45, 2.75) is 13.8 Å². The van der Waals surface area contributed by atoms with Crippen molar-refractivity contribution >= 4 is 11.2 Å². The number of hydrogen-bond donors (Lipinski definition) is 1. The number of nitrogens with zero attached hydrogens (tertiary/aromatic N) is 3. The van der Waals surface area contributed by atoms with Crippen LogP contribution in [0.1, 0.15) is 13.8 Å². The van der Waals surface area contributed by atoms with E-state index in [1.807, 2.05) is 13.8 Å². The minimum atomic E-state index is 0.333. The summed E-state index contributed by atoms with van der Waals surface area (Å²) in [6.07, 6.45) is 1.63. The Kier molecular flexibility index (Phi) is 2.66. The zero-order valence-electron chi connectivity index (χ0n) is 8.65. The monoisotopic (exact) mass is 208 g/mol.